The highest BCUT2D eigenvalue weighted by Gasteiger charge is 2.43. The molecule has 4 rings (SSSR count). The molecular formula is C24H18BrNO4. The van der Waals surface area contributed by atoms with Crippen LogP contribution < -0.4 is 4.74 Å². The van der Waals surface area contributed by atoms with E-state index in [1.165, 1.54) is 0 Å². The minimum absolute atomic E-state index is 0.167. The predicted octanol–water partition coefficient (Wildman–Crippen LogP) is 4.57. The quantitative estimate of drug-likeness (QED) is 0.315. The van der Waals surface area contributed by atoms with Gasteiger partial charge in [-0.05, 0) is 48.4 Å². The van der Waals surface area contributed by atoms with E-state index in [0.717, 1.165) is 20.5 Å². The highest BCUT2D eigenvalue weighted by molar-refractivity contribution is 9.10. The molecule has 1 aliphatic heterocycles. The molecule has 0 aliphatic carbocycles. The minimum atomic E-state index is -1.08. The van der Waals surface area contributed by atoms with Gasteiger partial charge >= 0.3 is 5.97 Å². The lowest BCUT2D eigenvalue weighted by Crippen LogP contribution is -2.48. The SMILES string of the molecule is Cc1cc(OC(=O)C(Cc2ccccc2)N2C(=O)c3ccccc3C2=O)ccc1Br. The molecule has 1 atom stereocenters. The molecule has 0 bridgehead atoms. The number of amides is 2. The number of imide groups is 1. The maximum absolute atomic E-state index is 13.2. The molecule has 0 N–H and O–H groups in total. The van der Waals surface area contributed by atoms with E-state index in [4.69, 9.17) is 4.74 Å². The van der Waals surface area contributed by atoms with Crippen molar-refractivity contribution in [3.05, 3.63) is 99.5 Å². The van der Waals surface area contributed by atoms with Gasteiger partial charge in [0.05, 0.1) is 11.1 Å². The Kier molecular flexibility index (Phi) is 5.50. The molecule has 5 nitrogen and oxygen atoms in total. The van der Waals surface area contributed by atoms with E-state index in [1.54, 1.807) is 42.5 Å². The van der Waals surface area contributed by atoms with Gasteiger partial charge in [-0.2, -0.15) is 0 Å². The van der Waals surface area contributed by atoms with Gasteiger partial charge in [-0.25, -0.2) is 4.79 Å². The van der Waals surface area contributed by atoms with Crippen molar-refractivity contribution in [3.8, 4) is 5.75 Å². The first-order valence-electron chi connectivity index (χ1n) is 9.44. The lowest BCUT2D eigenvalue weighted by Gasteiger charge is -2.24. The molecule has 0 radical (unpaired) electrons. The highest BCUT2D eigenvalue weighted by Crippen LogP contribution is 2.28. The monoisotopic (exact) mass is 463 g/mol. The Morgan fingerprint density at radius 1 is 0.933 bits per heavy atom. The second kappa shape index (κ2) is 8.24. The summed E-state index contributed by atoms with van der Waals surface area (Å²) in [4.78, 5) is 40.2. The van der Waals surface area contributed by atoms with Crippen molar-refractivity contribution in [2.45, 2.75) is 19.4 Å². The molecular weight excluding hydrogens is 446 g/mol. The summed E-state index contributed by atoms with van der Waals surface area (Å²) in [5.74, 6) is -1.27. The average molecular weight is 464 g/mol. The van der Waals surface area contributed by atoms with E-state index in [0.29, 0.717) is 16.9 Å². The van der Waals surface area contributed by atoms with E-state index in [2.05, 4.69) is 15.9 Å². The van der Waals surface area contributed by atoms with E-state index in [1.807, 2.05) is 37.3 Å². The summed E-state index contributed by atoms with van der Waals surface area (Å²) in [6.45, 7) is 1.88. The van der Waals surface area contributed by atoms with Crippen LogP contribution in [0.1, 0.15) is 31.8 Å². The first kappa shape index (κ1) is 20.0. The highest BCUT2D eigenvalue weighted by atomic mass is 79.9. The van der Waals surface area contributed by atoms with E-state index in [9.17, 15) is 14.4 Å². The smallest absolute Gasteiger partial charge is 0.335 e. The summed E-state index contributed by atoms with van der Waals surface area (Å²) in [6, 6.07) is 19.9. The Morgan fingerprint density at radius 2 is 1.53 bits per heavy atom. The van der Waals surface area contributed by atoms with Gasteiger partial charge in [-0.15, -0.1) is 0 Å². The summed E-state index contributed by atoms with van der Waals surface area (Å²) >= 11 is 3.42. The zero-order valence-electron chi connectivity index (χ0n) is 16.2. The number of aryl methyl sites for hydroxylation is 1. The van der Waals surface area contributed by atoms with Crippen LogP contribution in [0.3, 0.4) is 0 Å². The Balaban J connectivity index is 1.68. The van der Waals surface area contributed by atoms with Crippen molar-refractivity contribution in [1.82, 2.24) is 4.90 Å². The number of benzene rings is 3. The number of carbonyl (C=O) groups excluding carboxylic acids is 3. The summed E-state index contributed by atoms with van der Waals surface area (Å²) in [6.07, 6.45) is 0.167. The van der Waals surface area contributed by atoms with Crippen LogP contribution in [0.2, 0.25) is 0 Å². The van der Waals surface area contributed by atoms with Crippen LogP contribution in [-0.4, -0.2) is 28.7 Å². The lowest BCUT2D eigenvalue weighted by atomic mass is 10.0. The Labute approximate surface area is 182 Å². The zero-order chi connectivity index (χ0) is 21.3. The third kappa shape index (κ3) is 3.78. The number of hydrogen-bond donors (Lipinski definition) is 0. The fourth-order valence-electron chi connectivity index (χ4n) is 3.47. The number of esters is 1. The van der Waals surface area contributed by atoms with Gasteiger partial charge in [0.15, 0.2) is 0 Å². The third-order valence-corrected chi connectivity index (χ3v) is 5.92. The van der Waals surface area contributed by atoms with Crippen molar-refractivity contribution in [2.75, 3.05) is 0 Å². The van der Waals surface area contributed by atoms with Gasteiger partial charge in [0.2, 0.25) is 0 Å². The molecule has 1 aliphatic rings. The van der Waals surface area contributed by atoms with Crippen LogP contribution in [0, 0.1) is 6.92 Å². The zero-order valence-corrected chi connectivity index (χ0v) is 17.8. The summed E-state index contributed by atoms with van der Waals surface area (Å²) in [7, 11) is 0. The number of halogens is 1. The minimum Gasteiger partial charge on any atom is -0.425 e. The molecule has 0 spiro atoms. The molecule has 1 heterocycles. The first-order valence-corrected chi connectivity index (χ1v) is 10.2. The number of rotatable bonds is 5. The second-order valence-corrected chi connectivity index (χ2v) is 7.92. The standard InChI is InChI=1S/C24H18BrNO4/c1-15-13-17(11-12-20(15)25)30-24(29)21(14-16-7-3-2-4-8-16)26-22(27)18-9-5-6-10-19(18)23(26)28/h2-13,21H,14H2,1H3. The van der Waals surface area contributed by atoms with Crippen LogP contribution >= 0.6 is 15.9 Å². The Bertz CT molecular complexity index is 1110. The number of fused-ring (bicyclic) bond motifs is 1. The molecule has 1 unspecified atom stereocenters. The number of carbonyl (C=O) groups is 3. The maximum Gasteiger partial charge on any atom is 0.335 e. The predicted molar refractivity (Wildman–Crippen MR) is 115 cm³/mol. The van der Waals surface area contributed by atoms with E-state index < -0.39 is 23.8 Å². The average Bonchev–Trinajstić information content (AvgIpc) is 3.00. The summed E-state index contributed by atoms with van der Waals surface area (Å²) in [5.41, 5.74) is 2.32. The molecule has 3 aromatic carbocycles. The molecule has 0 aromatic heterocycles. The number of hydrogen-bond acceptors (Lipinski definition) is 4. The fourth-order valence-corrected chi connectivity index (χ4v) is 3.72. The molecule has 0 saturated heterocycles. The van der Waals surface area contributed by atoms with Crippen molar-refractivity contribution in [2.24, 2.45) is 0 Å². The fraction of sp³-hybridized carbons (Fsp3) is 0.125. The number of ether oxygens (including phenoxy) is 1. The number of nitrogens with zero attached hydrogens (tertiary/aromatic N) is 1. The van der Waals surface area contributed by atoms with Gasteiger partial charge in [0, 0.05) is 10.9 Å². The van der Waals surface area contributed by atoms with E-state index >= 15 is 0 Å². The molecule has 0 saturated carbocycles. The van der Waals surface area contributed by atoms with Crippen LogP contribution in [0.4, 0.5) is 0 Å². The first-order chi connectivity index (χ1) is 14.5. The lowest BCUT2D eigenvalue weighted by molar-refractivity contribution is -0.138. The van der Waals surface area contributed by atoms with Gasteiger partial charge < -0.3 is 4.74 Å². The molecule has 0 fully saturated rings. The summed E-state index contributed by atoms with van der Waals surface area (Å²) < 4.78 is 6.48. The largest absolute Gasteiger partial charge is 0.425 e. The maximum atomic E-state index is 13.2. The van der Waals surface area contributed by atoms with Crippen LogP contribution in [0.25, 0.3) is 0 Å². The van der Waals surface area contributed by atoms with E-state index in [-0.39, 0.29) is 6.42 Å². The van der Waals surface area contributed by atoms with Gasteiger partial charge in [-0.3, -0.25) is 14.5 Å². The molecule has 2 amide bonds. The van der Waals surface area contributed by atoms with Crippen LogP contribution in [0.5, 0.6) is 5.75 Å². The Hall–Kier alpha value is -3.25. The van der Waals surface area contributed by atoms with Crippen molar-refractivity contribution < 1.29 is 19.1 Å². The molecule has 30 heavy (non-hydrogen) atoms. The molecule has 150 valence electrons. The molecule has 6 heteroatoms. The Morgan fingerprint density at radius 3 is 2.13 bits per heavy atom. The van der Waals surface area contributed by atoms with Crippen LogP contribution in [0.15, 0.2) is 77.3 Å². The molecule has 3 aromatic rings. The van der Waals surface area contributed by atoms with Gasteiger partial charge in [-0.1, -0.05) is 58.4 Å². The van der Waals surface area contributed by atoms with Crippen LogP contribution in [-0.2, 0) is 11.2 Å². The summed E-state index contributed by atoms with van der Waals surface area (Å²) in [5, 5.41) is 0. The second-order valence-electron chi connectivity index (χ2n) is 7.06. The normalized spacial score (nSPS) is 13.9. The van der Waals surface area contributed by atoms with Crippen molar-refractivity contribution >= 4 is 33.7 Å². The van der Waals surface area contributed by atoms with Crippen molar-refractivity contribution in [3.63, 3.8) is 0 Å². The van der Waals surface area contributed by atoms with Gasteiger partial charge in [0.1, 0.15) is 11.8 Å². The topological polar surface area (TPSA) is 63.7 Å². The third-order valence-electron chi connectivity index (χ3n) is 5.03. The van der Waals surface area contributed by atoms with Crippen molar-refractivity contribution in [1.29, 1.82) is 0 Å². The van der Waals surface area contributed by atoms with Gasteiger partial charge in [0.25, 0.3) is 11.8 Å².